The lowest BCUT2D eigenvalue weighted by Crippen LogP contribution is -2.36. The lowest BCUT2D eigenvalue weighted by atomic mass is 10.1. The molecule has 5 fully saturated rings. The van der Waals surface area contributed by atoms with Crippen molar-refractivity contribution in [1.82, 2.24) is 72.7 Å². The first-order valence-corrected chi connectivity index (χ1v) is 24.4. The lowest BCUT2D eigenvalue weighted by Gasteiger charge is -2.16. The van der Waals surface area contributed by atoms with Gasteiger partial charge in [0, 0.05) is 0 Å². The number of hydrogen-bond acceptors (Lipinski definition) is 40. The Morgan fingerprint density at radius 2 is 0.435 bits per heavy atom. The second-order valence-corrected chi connectivity index (χ2v) is 18.2. The van der Waals surface area contributed by atoms with Gasteiger partial charge < -0.3 is 129 Å². The third kappa shape index (κ3) is 15.0. The number of nitrogens with two attached hydrogens (primary N) is 5. The molecule has 0 aromatic carbocycles. The van der Waals surface area contributed by atoms with Gasteiger partial charge >= 0.3 is 28.4 Å². The van der Waals surface area contributed by atoms with Crippen molar-refractivity contribution in [3.63, 3.8) is 0 Å². The molecule has 5 aliphatic rings. The van der Waals surface area contributed by atoms with Crippen molar-refractivity contribution >= 4 is 29.7 Å². The Balaban J connectivity index is 0.000000170. The number of rotatable bonds is 10. The van der Waals surface area contributed by atoms with Crippen LogP contribution in [-0.2, 0) is 23.7 Å². The zero-order chi connectivity index (χ0) is 62.9. The predicted molar refractivity (Wildman–Crippen MR) is 269 cm³/mol. The van der Waals surface area contributed by atoms with Gasteiger partial charge in [-0.3, -0.25) is 22.8 Å². The third-order valence-corrected chi connectivity index (χ3v) is 12.7. The van der Waals surface area contributed by atoms with E-state index in [-0.39, 0.29) is 29.7 Å². The molecule has 0 aliphatic carbocycles. The molecule has 5 saturated heterocycles. The molecule has 20 atom stereocenters. The molecule has 45 heteroatoms. The highest BCUT2D eigenvalue weighted by Gasteiger charge is 2.48. The van der Waals surface area contributed by atoms with Crippen LogP contribution in [0.5, 0.6) is 0 Å². The zero-order valence-corrected chi connectivity index (χ0v) is 43.4. The summed E-state index contributed by atoms with van der Waals surface area (Å²) in [7, 11) is 0. The van der Waals surface area contributed by atoms with E-state index in [2.05, 4.69) is 49.8 Å². The second kappa shape index (κ2) is 28.9. The van der Waals surface area contributed by atoms with Crippen molar-refractivity contribution in [2.75, 3.05) is 61.7 Å². The maximum absolute atomic E-state index is 11.5. The molecule has 10 rings (SSSR count). The van der Waals surface area contributed by atoms with Crippen LogP contribution in [-0.4, -0.2) is 274 Å². The highest BCUT2D eigenvalue weighted by Crippen LogP contribution is 2.31. The summed E-state index contributed by atoms with van der Waals surface area (Å²) in [5, 5.41) is 140. The first-order valence-electron chi connectivity index (χ1n) is 24.4. The molecular weight excluding hydrogens is 1160 g/mol. The molecule has 0 spiro atoms. The summed E-state index contributed by atoms with van der Waals surface area (Å²) in [6.45, 7) is -2.36. The van der Waals surface area contributed by atoms with Crippen LogP contribution in [0.1, 0.15) is 31.1 Å². The van der Waals surface area contributed by atoms with Crippen LogP contribution in [0.15, 0.2) is 55.6 Å². The van der Waals surface area contributed by atoms with Crippen molar-refractivity contribution in [2.45, 2.75) is 123 Å². The van der Waals surface area contributed by atoms with Gasteiger partial charge in [-0.2, -0.15) is 24.9 Å². The molecule has 45 nitrogen and oxygen atoms in total. The summed E-state index contributed by atoms with van der Waals surface area (Å²) >= 11 is 0. The van der Waals surface area contributed by atoms with E-state index in [1.165, 1.54) is 0 Å². The number of nitrogens with zero attached hydrogens (tertiary/aromatic N) is 15. The molecule has 0 saturated carbocycles. The first kappa shape index (κ1) is 66.4. The summed E-state index contributed by atoms with van der Waals surface area (Å²) < 4.78 is 30.2. The molecule has 0 amide bonds. The van der Waals surface area contributed by atoms with Gasteiger partial charge in [-0.15, -0.1) is 0 Å². The summed E-state index contributed by atoms with van der Waals surface area (Å²) in [5.74, 6) is -0.982. The molecule has 5 aromatic heterocycles. The minimum Gasteiger partial charge on any atom is -0.394 e. The Bertz CT molecular complexity index is 2810. The summed E-state index contributed by atoms with van der Waals surface area (Å²) in [4.78, 5) is 92.1. The average Bonchev–Trinajstić information content (AvgIpc) is 4.30. The minimum absolute atomic E-state index is 0.196. The normalized spacial score (nSPS) is 32.9. The number of aromatic nitrogens is 15. The predicted octanol–water partition coefficient (Wildman–Crippen LogP) is -15.8. The molecule has 0 bridgehead atoms. The van der Waals surface area contributed by atoms with E-state index in [4.69, 9.17) is 77.9 Å². The standard InChI is InChI=1S/5C8H12N4O5/c5*9-7-10-2-12(8(16)11-7)6-5(15)4(14)3(1-13)17-6/h5*2-6,13-15H,1H2,(H2,9,11,16)/t5*3-,4?,5+,6-/m11111/s1. The summed E-state index contributed by atoms with van der Waals surface area (Å²) in [5.41, 5.74) is 22.3. The Morgan fingerprint density at radius 3 is 0.541 bits per heavy atom. The van der Waals surface area contributed by atoms with E-state index in [0.717, 1.165) is 54.5 Å². The average molecular weight is 1220 g/mol. The van der Waals surface area contributed by atoms with E-state index in [9.17, 15) is 75.0 Å². The van der Waals surface area contributed by atoms with Crippen LogP contribution < -0.4 is 57.1 Å². The van der Waals surface area contributed by atoms with E-state index in [0.29, 0.717) is 0 Å². The summed E-state index contributed by atoms with van der Waals surface area (Å²) in [6, 6.07) is 0. The number of aliphatic hydroxyl groups excluding tert-OH is 15. The van der Waals surface area contributed by atoms with Crippen molar-refractivity contribution in [3.8, 4) is 0 Å². The Hall–Kier alpha value is -7.75. The number of hydrogen-bond donors (Lipinski definition) is 20. The molecule has 10 heterocycles. The zero-order valence-electron chi connectivity index (χ0n) is 43.4. The molecule has 5 unspecified atom stereocenters. The molecule has 85 heavy (non-hydrogen) atoms. The fourth-order valence-electron chi connectivity index (χ4n) is 8.20. The molecule has 470 valence electrons. The molecule has 25 N–H and O–H groups in total. The van der Waals surface area contributed by atoms with Gasteiger partial charge in [-0.25, -0.2) is 48.9 Å². The van der Waals surface area contributed by atoms with Crippen molar-refractivity contribution in [2.24, 2.45) is 0 Å². The smallest absolute Gasteiger partial charge is 0.354 e. The number of ether oxygens (including phenoxy) is 5. The molecular formula is C40H60N20O25. The van der Waals surface area contributed by atoms with Crippen molar-refractivity contribution in [3.05, 3.63) is 84.1 Å². The number of anilines is 5. The van der Waals surface area contributed by atoms with Crippen LogP contribution in [0.4, 0.5) is 29.7 Å². The van der Waals surface area contributed by atoms with E-state index in [1.807, 2.05) is 0 Å². The highest BCUT2D eigenvalue weighted by atomic mass is 16.6. The van der Waals surface area contributed by atoms with Crippen LogP contribution in [0.25, 0.3) is 0 Å². The van der Waals surface area contributed by atoms with Gasteiger partial charge in [0.1, 0.15) is 123 Å². The van der Waals surface area contributed by atoms with Gasteiger partial charge in [0.05, 0.1) is 33.0 Å². The van der Waals surface area contributed by atoms with E-state index >= 15 is 0 Å². The lowest BCUT2D eigenvalue weighted by molar-refractivity contribution is -0.0554. The van der Waals surface area contributed by atoms with Gasteiger partial charge in [-0.1, -0.05) is 0 Å². The monoisotopic (exact) mass is 1220 g/mol. The van der Waals surface area contributed by atoms with E-state index < -0.39 is 184 Å². The van der Waals surface area contributed by atoms with Crippen LogP contribution in [0, 0.1) is 0 Å². The van der Waals surface area contributed by atoms with Gasteiger partial charge in [0.25, 0.3) is 0 Å². The number of aliphatic hydroxyl groups is 15. The molecule has 0 radical (unpaired) electrons. The minimum atomic E-state index is -1.35. The van der Waals surface area contributed by atoms with Gasteiger partial charge in [-0.05, 0) is 0 Å². The fraction of sp³-hybridized carbons (Fsp3) is 0.625. The molecule has 5 aromatic rings. The molecule has 5 aliphatic heterocycles. The van der Waals surface area contributed by atoms with Crippen LogP contribution >= 0.6 is 0 Å². The van der Waals surface area contributed by atoms with Gasteiger partial charge in [0.2, 0.25) is 29.7 Å². The Kier molecular flexibility index (Phi) is 22.6. The maximum atomic E-state index is 11.5. The fourth-order valence-corrected chi connectivity index (χ4v) is 8.20. The Labute approximate surface area is 470 Å². The number of nitrogen functional groups attached to an aromatic ring is 5. The topological polar surface area (TPSA) is 719 Å². The van der Waals surface area contributed by atoms with E-state index in [1.54, 1.807) is 0 Å². The van der Waals surface area contributed by atoms with Crippen molar-refractivity contribution < 1.29 is 100 Å². The highest BCUT2D eigenvalue weighted by molar-refractivity contribution is 5.13. The maximum Gasteiger partial charge on any atom is 0.354 e. The third-order valence-electron chi connectivity index (χ3n) is 12.7. The van der Waals surface area contributed by atoms with Crippen molar-refractivity contribution in [1.29, 1.82) is 0 Å². The van der Waals surface area contributed by atoms with Crippen LogP contribution in [0.3, 0.4) is 0 Å². The second-order valence-electron chi connectivity index (χ2n) is 18.2. The first-order chi connectivity index (χ1) is 40.2. The Morgan fingerprint density at radius 1 is 0.294 bits per heavy atom. The SMILES string of the molecule is Nc1ncn([C@@H]2O[C@H](CO)C(O)[C@@H]2O)c(=O)n1.Nc1ncn([C@@H]2O[C@H](CO)C(O)[C@@H]2O)c(=O)n1.Nc1ncn([C@@H]2O[C@H](CO)C(O)[C@@H]2O)c(=O)n1.Nc1ncn([C@@H]2O[C@H](CO)C(O)[C@@H]2O)c(=O)n1.Nc1ncn([C@@H]2O[C@H](CO)C(O)[C@@H]2O)c(=O)n1. The van der Waals surface area contributed by atoms with Crippen LogP contribution in [0.2, 0.25) is 0 Å². The quantitative estimate of drug-likeness (QED) is 0.0617. The largest absolute Gasteiger partial charge is 0.394 e. The summed E-state index contributed by atoms with van der Waals surface area (Å²) in [6.07, 6.45) is -18.4. The van der Waals surface area contributed by atoms with Gasteiger partial charge in [0.15, 0.2) is 31.1 Å².